The van der Waals surface area contributed by atoms with Gasteiger partial charge in [0.05, 0.1) is 0 Å². The predicted molar refractivity (Wildman–Crippen MR) is 62.0 cm³/mol. The molecule has 0 radical (unpaired) electrons. The average molecular weight is 521 g/mol. The van der Waals surface area contributed by atoms with E-state index in [0.717, 1.165) is 0 Å². The number of aliphatic hydroxyl groups excluding tert-OH is 1. The second-order valence-electron chi connectivity index (χ2n) is 3.48. The van der Waals surface area contributed by atoms with Crippen LogP contribution in [0.2, 0.25) is 0 Å². The second-order valence-corrected chi connectivity index (χ2v) is 4.13. The van der Waals surface area contributed by atoms with E-state index in [0.29, 0.717) is 0 Å². The topological polar surface area (TPSA) is 29.5 Å². The summed E-state index contributed by atoms with van der Waals surface area (Å²) in [5, 5.41) is 6.42. The molecule has 0 saturated carbocycles. The molecule has 0 aliphatic heterocycles. The minimum atomic E-state index is -5.28. The first kappa shape index (κ1) is 38.6. The molecule has 0 heterocycles. The molecule has 0 unspecified atom stereocenters. The summed E-state index contributed by atoms with van der Waals surface area (Å²) in [4.78, 5) is 0. The number of halogens is 13. The van der Waals surface area contributed by atoms with Gasteiger partial charge in [0, 0.05) is 6.51 Å². The van der Waals surface area contributed by atoms with Gasteiger partial charge in [0.25, 0.3) is 0 Å². The Kier molecular flexibility index (Phi) is 27.4. The van der Waals surface area contributed by atoms with Gasteiger partial charge >= 0.3 is 129 Å². The molecular weight excluding hydrogens is 512 g/mol. The summed E-state index contributed by atoms with van der Waals surface area (Å²) in [5.41, 5.74) is 0. The van der Waals surface area contributed by atoms with Crippen molar-refractivity contribution in [3.05, 3.63) is 0 Å². The van der Waals surface area contributed by atoms with E-state index in [1.165, 1.54) is 0 Å². The average Bonchev–Trinajstić information content (AvgIpc) is 2.25. The van der Waals surface area contributed by atoms with Crippen LogP contribution < -0.4 is 103 Å². The summed E-state index contributed by atoms with van der Waals surface area (Å²) in [5.74, 6) is 0. The Morgan fingerprint density at radius 1 is 0.760 bits per heavy atom. The van der Waals surface area contributed by atoms with Crippen LogP contribution in [0.4, 0.5) is 52.2 Å². The third kappa shape index (κ3) is 58.4. The van der Waals surface area contributed by atoms with Crippen LogP contribution in [0.5, 0.6) is 0 Å². The van der Waals surface area contributed by atoms with Gasteiger partial charge in [-0.2, -0.15) is 26.3 Å². The van der Waals surface area contributed by atoms with Crippen LogP contribution in [0, 0.1) is 0 Å². The maximum absolute atomic E-state index is 11.2. The Morgan fingerprint density at radius 3 is 1.16 bits per heavy atom. The first-order chi connectivity index (χ1) is 9.83. The van der Waals surface area contributed by atoms with Gasteiger partial charge in [-0.1, -0.05) is 0 Å². The van der Waals surface area contributed by atoms with E-state index < -0.39 is 51.3 Å². The summed E-state index contributed by atoms with van der Waals surface area (Å²) in [7, 11) is 0. The molecule has 0 spiro atoms. The molecule has 0 aliphatic carbocycles. The van der Waals surface area contributed by atoms with Crippen molar-refractivity contribution in [2.75, 3.05) is 24.9 Å². The molecule has 0 aromatic carbocycles. The van der Waals surface area contributed by atoms with Crippen molar-refractivity contribution in [1.82, 2.24) is 0 Å². The number of alkyl halides is 7. The van der Waals surface area contributed by atoms with E-state index in [1.54, 1.807) is 0 Å². The number of hydrogen-bond donors (Lipinski definition) is 1. The molecule has 0 atom stereocenters. The monoisotopic (exact) mass is 520 g/mol. The Bertz CT molecular complexity index is 267. The first-order valence-corrected chi connectivity index (χ1v) is 6.25. The minimum absolute atomic E-state index is 0. The van der Waals surface area contributed by atoms with E-state index in [1.807, 2.05) is 0 Å². The van der Waals surface area contributed by atoms with Crippen molar-refractivity contribution in [1.29, 1.82) is 0 Å². The standard InChI is InChI=1S/C3H4BF6O.C2H3F3O.CH2BBrF3.2K/c5-3(6,7)1-11-2-4(8,9)10;3-2(4,5)1-6;3-1-2(4,5)6;;/h1-2H2;6H,1H2;1H2;;/q-1;;-1;2*+1. The molecule has 0 aromatic rings. The number of rotatable bonds is 4. The zero-order valence-corrected chi connectivity index (χ0v) is 20.6. The zero-order valence-electron chi connectivity index (χ0n) is 12.8. The smallest absolute Gasteiger partial charge is 0.448 e. The van der Waals surface area contributed by atoms with Gasteiger partial charge in [0.2, 0.25) is 0 Å². The zero-order chi connectivity index (χ0) is 19.5. The summed E-state index contributed by atoms with van der Waals surface area (Å²) in [6.45, 7) is -15.2. The molecule has 0 aromatic heterocycles. The van der Waals surface area contributed by atoms with E-state index in [2.05, 4.69) is 20.7 Å². The third-order valence-electron chi connectivity index (χ3n) is 0.927. The summed E-state index contributed by atoms with van der Waals surface area (Å²) in [6, 6.07) is 0. The van der Waals surface area contributed by atoms with Crippen molar-refractivity contribution in [2.45, 2.75) is 12.4 Å². The SMILES string of the molecule is F[B-](F)(F)CBr.F[B-](F)(F)COCC(F)(F)F.OCC(F)(F)F.[K+].[K+]. The van der Waals surface area contributed by atoms with Crippen molar-refractivity contribution < 1.29 is 165 Å². The third-order valence-corrected chi connectivity index (χ3v) is 1.66. The summed E-state index contributed by atoms with van der Waals surface area (Å²) >= 11 is 2.27. The van der Waals surface area contributed by atoms with Crippen LogP contribution in [0.25, 0.3) is 0 Å². The molecule has 0 aliphatic rings. The van der Waals surface area contributed by atoms with Crippen LogP contribution in [0.1, 0.15) is 0 Å². The molecule has 0 amide bonds. The van der Waals surface area contributed by atoms with E-state index in [9.17, 15) is 52.2 Å². The molecule has 0 bridgehead atoms. The quantitative estimate of drug-likeness (QED) is 0.271. The van der Waals surface area contributed by atoms with E-state index >= 15 is 0 Å². The van der Waals surface area contributed by atoms with Gasteiger partial charge in [-0.3, -0.25) is 0 Å². The number of hydrogen-bond acceptors (Lipinski definition) is 2. The Labute approximate surface area is 228 Å². The molecule has 0 saturated heterocycles. The largest absolute Gasteiger partial charge is 1.00 e. The molecular formula is C6H9B2BrF12K2O2. The van der Waals surface area contributed by atoms with Crippen molar-refractivity contribution in [3.8, 4) is 0 Å². The van der Waals surface area contributed by atoms with Gasteiger partial charge in [-0.15, -0.1) is 15.9 Å². The van der Waals surface area contributed by atoms with Gasteiger partial charge in [0.1, 0.15) is 13.2 Å². The fourth-order valence-electron chi connectivity index (χ4n) is 0.308. The molecule has 19 heteroatoms. The molecule has 0 rings (SSSR count). The maximum Gasteiger partial charge on any atom is 1.00 e. The van der Waals surface area contributed by atoms with Crippen LogP contribution in [-0.2, 0) is 4.74 Å². The molecule has 0 fully saturated rings. The van der Waals surface area contributed by atoms with Crippen LogP contribution in [0.3, 0.4) is 0 Å². The number of ether oxygens (including phenoxy) is 1. The molecule has 2 nitrogen and oxygen atoms in total. The van der Waals surface area contributed by atoms with Gasteiger partial charge in [-0.05, 0) is 5.23 Å². The minimum Gasteiger partial charge on any atom is -0.448 e. The first-order valence-electron chi connectivity index (χ1n) is 5.13. The second kappa shape index (κ2) is 17.8. The summed E-state index contributed by atoms with van der Waals surface area (Å²) < 4.78 is 134. The van der Waals surface area contributed by atoms with Crippen LogP contribution in [0.15, 0.2) is 0 Å². The van der Waals surface area contributed by atoms with Crippen molar-refractivity contribution >= 4 is 29.9 Å². The fraction of sp³-hybridized carbons (Fsp3) is 1.00. The van der Waals surface area contributed by atoms with Gasteiger partial charge in [0.15, 0.2) is 0 Å². The fourth-order valence-corrected chi connectivity index (χ4v) is 0.308. The Morgan fingerprint density at radius 2 is 1.04 bits per heavy atom. The van der Waals surface area contributed by atoms with Gasteiger partial charge < -0.3 is 35.7 Å². The van der Waals surface area contributed by atoms with Gasteiger partial charge in [-0.25, -0.2) is 0 Å². The molecule has 144 valence electrons. The maximum atomic E-state index is 11.2. The molecule has 1 N–H and O–H groups in total. The van der Waals surface area contributed by atoms with Crippen LogP contribution in [-0.4, -0.2) is 56.4 Å². The normalized spacial score (nSPS) is 11.8. The van der Waals surface area contributed by atoms with E-state index in [-0.39, 0.29) is 103 Å². The summed E-state index contributed by atoms with van der Waals surface area (Å²) in [6.07, 6.45) is -9.10. The predicted octanol–water partition coefficient (Wildman–Crippen LogP) is -1.73. The van der Waals surface area contributed by atoms with Crippen molar-refractivity contribution in [3.63, 3.8) is 0 Å². The molecule has 25 heavy (non-hydrogen) atoms. The van der Waals surface area contributed by atoms with Crippen molar-refractivity contribution in [2.24, 2.45) is 0 Å². The number of aliphatic hydroxyl groups is 1. The Balaban J connectivity index is -0.0000000827. The van der Waals surface area contributed by atoms with Crippen LogP contribution >= 0.6 is 15.9 Å². The van der Waals surface area contributed by atoms with E-state index in [4.69, 9.17) is 5.11 Å². The Hall–Kier alpha value is 2.96.